The summed E-state index contributed by atoms with van der Waals surface area (Å²) in [6.07, 6.45) is 17.3. The fourth-order valence-electron chi connectivity index (χ4n) is 3.82. The van der Waals surface area contributed by atoms with Gasteiger partial charge < -0.3 is 9.29 Å². The van der Waals surface area contributed by atoms with E-state index in [0.29, 0.717) is 0 Å². The number of hydrogen-bond donors (Lipinski definition) is 0. The first kappa shape index (κ1) is 30.9. The second-order valence-electron chi connectivity index (χ2n) is 8.40. The van der Waals surface area contributed by atoms with Gasteiger partial charge in [0.2, 0.25) is 0 Å². The standard InChI is InChI=1S/C25H44O4S.Na/c1-3-5-7-9-11-13-17-23-19-15-20-24(18-14-12-10-8-6-4-2)25(23)29-21-16-22-30(26,27)28;/h15,19-20H,3-14,16-18,21-22H2,1-2H3,(H,26,27,28);/q;+1/p-1. The number of aryl methyl sites for hydroxylation is 2. The summed E-state index contributed by atoms with van der Waals surface area (Å²) in [5.41, 5.74) is 2.44. The van der Waals surface area contributed by atoms with E-state index in [4.69, 9.17) is 4.74 Å². The predicted molar refractivity (Wildman–Crippen MR) is 125 cm³/mol. The van der Waals surface area contributed by atoms with Gasteiger partial charge in [-0.05, 0) is 43.2 Å². The number of ether oxygens (including phenoxy) is 1. The average Bonchev–Trinajstić information content (AvgIpc) is 2.70. The van der Waals surface area contributed by atoms with E-state index >= 15 is 0 Å². The Balaban J connectivity index is 0.00000900. The zero-order chi connectivity index (χ0) is 22.1. The van der Waals surface area contributed by atoms with E-state index in [-0.39, 0.29) is 48.3 Å². The molecule has 0 amide bonds. The van der Waals surface area contributed by atoms with E-state index in [0.717, 1.165) is 31.4 Å². The Labute approximate surface area is 214 Å². The van der Waals surface area contributed by atoms with Crippen molar-refractivity contribution >= 4 is 10.1 Å². The Morgan fingerprint density at radius 1 is 0.742 bits per heavy atom. The molecule has 0 aliphatic rings. The molecule has 1 aromatic carbocycles. The van der Waals surface area contributed by atoms with E-state index in [1.54, 1.807) is 0 Å². The van der Waals surface area contributed by atoms with Crippen LogP contribution in [0.4, 0.5) is 0 Å². The van der Waals surface area contributed by atoms with Crippen molar-refractivity contribution in [1.29, 1.82) is 0 Å². The van der Waals surface area contributed by atoms with Crippen molar-refractivity contribution in [1.82, 2.24) is 0 Å². The van der Waals surface area contributed by atoms with Crippen LogP contribution in [0.25, 0.3) is 0 Å². The number of benzene rings is 1. The van der Waals surface area contributed by atoms with Crippen LogP contribution < -0.4 is 34.3 Å². The minimum atomic E-state index is -4.18. The molecule has 0 saturated heterocycles. The van der Waals surface area contributed by atoms with Crippen LogP contribution >= 0.6 is 0 Å². The van der Waals surface area contributed by atoms with Gasteiger partial charge in [-0.15, -0.1) is 0 Å². The van der Waals surface area contributed by atoms with Gasteiger partial charge in [-0.2, -0.15) is 0 Å². The molecule has 0 aromatic heterocycles. The molecule has 1 rings (SSSR count). The number of rotatable bonds is 19. The molecular weight excluding hydrogens is 419 g/mol. The molecular formula is C25H43NaO4S. The van der Waals surface area contributed by atoms with Crippen LogP contribution in [-0.4, -0.2) is 25.3 Å². The largest absolute Gasteiger partial charge is 1.00 e. The SMILES string of the molecule is CCCCCCCCc1cccc(CCCCCCCC)c1OCCCS(=O)(=O)[O-].[Na+]. The van der Waals surface area contributed by atoms with E-state index in [1.807, 2.05) is 0 Å². The van der Waals surface area contributed by atoms with Crippen LogP contribution in [0.15, 0.2) is 18.2 Å². The Morgan fingerprint density at radius 2 is 1.19 bits per heavy atom. The summed E-state index contributed by atoms with van der Waals surface area (Å²) < 4.78 is 38.6. The molecule has 0 unspecified atom stereocenters. The van der Waals surface area contributed by atoms with Crippen LogP contribution in [0, 0.1) is 0 Å². The third kappa shape index (κ3) is 16.2. The van der Waals surface area contributed by atoms with Crippen molar-refractivity contribution in [2.24, 2.45) is 0 Å². The van der Waals surface area contributed by atoms with Gasteiger partial charge in [-0.3, -0.25) is 0 Å². The van der Waals surface area contributed by atoms with Crippen LogP contribution in [0.5, 0.6) is 5.75 Å². The fraction of sp³-hybridized carbons (Fsp3) is 0.760. The summed E-state index contributed by atoms with van der Waals surface area (Å²) in [5.74, 6) is 0.572. The monoisotopic (exact) mass is 462 g/mol. The van der Waals surface area contributed by atoms with Gasteiger partial charge in [0.25, 0.3) is 0 Å². The van der Waals surface area contributed by atoms with Gasteiger partial charge in [0.1, 0.15) is 5.75 Å². The van der Waals surface area contributed by atoms with Crippen LogP contribution in [0.1, 0.15) is 108 Å². The van der Waals surface area contributed by atoms with E-state index < -0.39 is 10.1 Å². The van der Waals surface area contributed by atoms with E-state index in [1.165, 1.54) is 75.3 Å². The van der Waals surface area contributed by atoms with Gasteiger partial charge in [-0.1, -0.05) is 96.3 Å². The molecule has 0 spiro atoms. The van der Waals surface area contributed by atoms with E-state index in [2.05, 4.69) is 32.0 Å². The van der Waals surface area contributed by atoms with Crippen LogP contribution in [-0.2, 0) is 23.0 Å². The molecule has 174 valence electrons. The quantitative estimate of drug-likeness (QED) is 0.178. The first-order valence-corrected chi connectivity index (χ1v) is 13.7. The molecule has 0 saturated carbocycles. The van der Waals surface area contributed by atoms with Gasteiger partial charge in [0.15, 0.2) is 0 Å². The first-order chi connectivity index (χ1) is 14.5. The molecule has 0 atom stereocenters. The molecule has 1 aromatic rings. The third-order valence-corrected chi connectivity index (χ3v) is 6.35. The summed E-state index contributed by atoms with van der Waals surface area (Å²) in [6.45, 7) is 4.74. The molecule has 0 fully saturated rings. The zero-order valence-corrected chi connectivity index (χ0v) is 23.1. The minimum absolute atomic E-state index is 0. The average molecular weight is 463 g/mol. The Hall–Kier alpha value is -0.0700. The predicted octanol–water partition coefficient (Wildman–Crippen LogP) is 3.81. The van der Waals surface area contributed by atoms with Crippen LogP contribution in [0.3, 0.4) is 0 Å². The molecule has 0 aliphatic carbocycles. The van der Waals surface area contributed by atoms with Crippen molar-refractivity contribution in [2.75, 3.05) is 12.4 Å². The number of unbranched alkanes of at least 4 members (excludes halogenated alkanes) is 10. The summed E-state index contributed by atoms with van der Waals surface area (Å²) in [6, 6.07) is 6.39. The third-order valence-electron chi connectivity index (χ3n) is 5.56. The second kappa shape index (κ2) is 19.4. The zero-order valence-electron chi connectivity index (χ0n) is 20.3. The maximum absolute atomic E-state index is 10.9. The number of hydrogen-bond acceptors (Lipinski definition) is 4. The summed E-state index contributed by atoms with van der Waals surface area (Å²) in [5, 5.41) is 0. The van der Waals surface area contributed by atoms with Crippen molar-refractivity contribution in [3.8, 4) is 5.75 Å². The molecule has 6 heteroatoms. The smallest absolute Gasteiger partial charge is 0.748 e. The normalized spacial score (nSPS) is 11.3. The summed E-state index contributed by atoms with van der Waals surface area (Å²) >= 11 is 0. The molecule has 0 aliphatic heterocycles. The molecule has 0 N–H and O–H groups in total. The van der Waals surface area contributed by atoms with Crippen molar-refractivity contribution in [2.45, 2.75) is 110 Å². The maximum atomic E-state index is 10.9. The summed E-state index contributed by atoms with van der Waals surface area (Å²) in [4.78, 5) is 0. The summed E-state index contributed by atoms with van der Waals surface area (Å²) in [7, 11) is -4.18. The Kier molecular flexibility index (Phi) is 19.4. The minimum Gasteiger partial charge on any atom is -0.748 e. The van der Waals surface area contributed by atoms with Crippen LogP contribution in [0.2, 0.25) is 0 Å². The molecule has 0 heterocycles. The van der Waals surface area contributed by atoms with Gasteiger partial charge >= 0.3 is 29.6 Å². The van der Waals surface area contributed by atoms with Gasteiger partial charge in [0.05, 0.1) is 16.7 Å². The fourth-order valence-corrected chi connectivity index (χ4v) is 4.29. The molecule has 0 bridgehead atoms. The molecule has 31 heavy (non-hydrogen) atoms. The number of para-hydroxylation sites is 1. The van der Waals surface area contributed by atoms with E-state index in [9.17, 15) is 13.0 Å². The Bertz CT molecular complexity index is 627. The van der Waals surface area contributed by atoms with Gasteiger partial charge in [-0.25, -0.2) is 8.42 Å². The second-order valence-corrected chi connectivity index (χ2v) is 9.93. The molecule has 4 nitrogen and oxygen atoms in total. The Morgan fingerprint density at radius 3 is 1.65 bits per heavy atom. The van der Waals surface area contributed by atoms with Crippen molar-refractivity contribution in [3.63, 3.8) is 0 Å². The van der Waals surface area contributed by atoms with Crippen molar-refractivity contribution < 1.29 is 47.3 Å². The topological polar surface area (TPSA) is 66.4 Å². The molecule has 0 radical (unpaired) electrons. The maximum Gasteiger partial charge on any atom is 1.00 e. The van der Waals surface area contributed by atoms with Gasteiger partial charge in [0, 0.05) is 5.75 Å². The first-order valence-electron chi connectivity index (χ1n) is 12.1. The van der Waals surface area contributed by atoms with Crippen molar-refractivity contribution in [3.05, 3.63) is 29.3 Å².